The quantitative estimate of drug-likeness (QED) is 0.905. The lowest BCUT2D eigenvalue weighted by atomic mass is 9.99. The molecule has 1 amide bonds. The molecule has 19 heavy (non-hydrogen) atoms. The number of benzene rings is 1. The van der Waals surface area contributed by atoms with Gasteiger partial charge < -0.3 is 19.5 Å². The minimum atomic E-state index is 0.0194. The van der Waals surface area contributed by atoms with Crippen LogP contribution in [0.2, 0.25) is 0 Å². The van der Waals surface area contributed by atoms with Gasteiger partial charge in [0.1, 0.15) is 11.5 Å². The van der Waals surface area contributed by atoms with Gasteiger partial charge in [0.2, 0.25) is 5.91 Å². The summed E-state index contributed by atoms with van der Waals surface area (Å²) >= 11 is 0. The SMILES string of the molecule is COc1cc(NC(=O)C2CCOCC2)cc(OC)c1. The third-order valence-electron chi connectivity index (χ3n) is 3.21. The molecule has 1 aliphatic rings. The van der Waals surface area contributed by atoms with Crippen LogP contribution in [-0.4, -0.2) is 33.3 Å². The number of ether oxygens (including phenoxy) is 3. The second-order valence-electron chi connectivity index (χ2n) is 4.48. The van der Waals surface area contributed by atoms with Crippen molar-refractivity contribution in [3.8, 4) is 11.5 Å². The lowest BCUT2D eigenvalue weighted by Crippen LogP contribution is -2.28. The van der Waals surface area contributed by atoms with Crippen LogP contribution in [0.3, 0.4) is 0 Å². The number of anilines is 1. The molecule has 0 saturated carbocycles. The molecule has 2 rings (SSSR count). The first-order valence-corrected chi connectivity index (χ1v) is 6.34. The van der Waals surface area contributed by atoms with E-state index in [1.54, 1.807) is 32.4 Å². The van der Waals surface area contributed by atoms with Gasteiger partial charge in [-0.05, 0) is 12.8 Å². The van der Waals surface area contributed by atoms with Crippen molar-refractivity contribution in [2.45, 2.75) is 12.8 Å². The Hall–Kier alpha value is -1.75. The van der Waals surface area contributed by atoms with Gasteiger partial charge in [-0.2, -0.15) is 0 Å². The van der Waals surface area contributed by atoms with Gasteiger partial charge in [0.25, 0.3) is 0 Å². The third kappa shape index (κ3) is 3.61. The molecule has 1 heterocycles. The van der Waals surface area contributed by atoms with Gasteiger partial charge in [0.05, 0.1) is 14.2 Å². The summed E-state index contributed by atoms with van der Waals surface area (Å²) in [7, 11) is 3.16. The highest BCUT2D eigenvalue weighted by Crippen LogP contribution is 2.26. The Kier molecular flexibility index (Phi) is 4.63. The maximum Gasteiger partial charge on any atom is 0.227 e. The Morgan fingerprint density at radius 2 is 1.74 bits per heavy atom. The molecule has 1 aliphatic heterocycles. The second kappa shape index (κ2) is 6.43. The van der Waals surface area contributed by atoms with Crippen molar-refractivity contribution in [2.24, 2.45) is 5.92 Å². The molecule has 5 heteroatoms. The first-order valence-electron chi connectivity index (χ1n) is 6.34. The van der Waals surface area contributed by atoms with Crippen LogP contribution in [0.5, 0.6) is 11.5 Å². The lowest BCUT2D eigenvalue weighted by molar-refractivity contribution is -0.122. The Labute approximate surface area is 112 Å². The van der Waals surface area contributed by atoms with E-state index < -0.39 is 0 Å². The molecule has 0 radical (unpaired) electrons. The number of amides is 1. The summed E-state index contributed by atoms with van der Waals surface area (Å²) in [6, 6.07) is 5.32. The van der Waals surface area contributed by atoms with E-state index in [1.807, 2.05) is 0 Å². The number of hydrogen-bond donors (Lipinski definition) is 1. The van der Waals surface area contributed by atoms with E-state index in [0.29, 0.717) is 30.4 Å². The number of nitrogens with one attached hydrogen (secondary N) is 1. The van der Waals surface area contributed by atoms with Crippen molar-refractivity contribution in [1.29, 1.82) is 0 Å². The molecule has 1 aromatic rings. The number of hydrogen-bond acceptors (Lipinski definition) is 4. The average molecular weight is 265 g/mol. The fourth-order valence-corrected chi connectivity index (χ4v) is 2.08. The monoisotopic (exact) mass is 265 g/mol. The van der Waals surface area contributed by atoms with Crippen molar-refractivity contribution in [1.82, 2.24) is 0 Å². The lowest BCUT2D eigenvalue weighted by Gasteiger charge is -2.21. The number of carbonyl (C=O) groups is 1. The summed E-state index contributed by atoms with van der Waals surface area (Å²) in [6.45, 7) is 1.30. The highest BCUT2D eigenvalue weighted by atomic mass is 16.5. The molecule has 0 spiro atoms. The second-order valence-corrected chi connectivity index (χ2v) is 4.48. The van der Waals surface area contributed by atoms with E-state index in [2.05, 4.69) is 5.32 Å². The molecular formula is C14H19NO4. The normalized spacial score (nSPS) is 15.9. The Morgan fingerprint density at radius 1 is 1.16 bits per heavy atom. The van der Waals surface area contributed by atoms with E-state index in [4.69, 9.17) is 14.2 Å². The van der Waals surface area contributed by atoms with E-state index in [9.17, 15) is 4.79 Å². The Balaban J connectivity index is 2.06. The predicted octanol–water partition coefficient (Wildman–Crippen LogP) is 2.07. The van der Waals surface area contributed by atoms with Crippen molar-refractivity contribution in [3.63, 3.8) is 0 Å². The fraction of sp³-hybridized carbons (Fsp3) is 0.500. The summed E-state index contributed by atoms with van der Waals surface area (Å²) in [4.78, 5) is 12.1. The van der Waals surface area contributed by atoms with Crippen molar-refractivity contribution < 1.29 is 19.0 Å². The van der Waals surface area contributed by atoms with Gasteiger partial charge in [-0.1, -0.05) is 0 Å². The minimum absolute atomic E-state index is 0.0194. The molecule has 0 unspecified atom stereocenters. The number of rotatable bonds is 4. The van der Waals surface area contributed by atoms with Crippen LogP contribution in [0.4, 0.5) is 5.69 Å². The van der Waals surface area contributed by atoms with Crippen LogP contribution in [0, 0.1) is 5.92 Å². The van der Waals surface area contributed by atoms with Crippen LogP contribution >= 0.6 is 0 Å². The largest absolute Gasteiger partial charge is 0.497 e. The Bertz CT molecular complexity index is 419. The maximum absolute atomic E-state index is 12.1. The summed E-state index contributed by atoms with van der Waals surface area (Å²) in [5.41, 5.74) is 0.688. The summed E-state index contributed by atoms with van der Waals surface area (Å²) in [6.07, 6.45) is 1.54. The van der Waals surface area contributed by atoms with Crippen molar-refractivity contribution in [2.75, 3.05) is 32.8 Å². The summed E-state index contributed by atoms with van der Waals surface area (Å²) in [5.74, 6) is 1.35. The van der Waals surface area contributed by atoms with Crippen molar-refractivity contribution >= 4 is 11.6 Å². The average Bonchev–Trinajstić information content (AvgIpc) is 2.47. The van der Waals surface area contributed by atoms with Gasteiger partial charge >= 0.3 is 0 Å². The molecule has 0 bridgehead atoms. The molecule has 1 aromatic carbocycles. The first kappa shape index (κ1) is 13.7. The van der Waals surface area contributed by atoms with E-state index >= 15 is 0 Å². The Morgan fingerprint density at radius 3 is 2.26 bits per heavy atom. The molecule has 0 atom stereocenters. The highest BCUT2D eigenvalue weighted by molar-refractivity contribution is 5.93. The van der Waals surface area contributed by atoms with Crippen LogP contribution in [0.1, 0.15) is 12.8 Å². The molecule has 1 saturated heterocycles. The first-order chi connectivity index (χ1) is 9.22. The van der Waals surface area contributed by atoms with Gasteiger partial charge in [-0.15, -0.1) is 0 Å². The van der Waals surface area contributed by atoms with Gasteiger partial charge in [-0.25, -0.2) is 0 Å². The van der Waals surface area contributed by atoms with Crippen LogP contribution in [0.25, 0.3) is 0 Å². The zero-order chi connectivity index (χ0) is 13.7. The fourth-order valence-electron chi connectivity index (χ4n) is 2.08. The maximum atomic E-state index is 12.1. The van der Waals surface area contributed by atoms with E-state index in [-0.39, 0.29) is 11.8 Å². The van der Waals surface area contributed by atoms with Gasteiger partial charge in [0.15, 0.2) is 0 Å². The zero-order valence-corrected chi connectivity index (χ0v) is 11.3. The summed E-state index contributed by atoms with van der Waals surface area (Å²) < 4.78 is 15.6. The highest BCUT2D eigenvalue weighted by Gasteiger charge is 2.21. The molecule has 104 valence electrons. The standard InChI is InChI=1S/C14H19NO4/c1-17-12-7-11(8-13(9-12)18-2)15-14(16)10-3-5-19-6-4-10/h7-10H,3-6H2,1-2H3,(H,15,16). The van der Waals surface area contributed by atoms with Gasteiger partial charge in [-0.3, -0.25) is 4.79 Å². The molecule has 0 aromatic heterocycles. The van der Waals surface area contributed by atoms with Gasteiger partial charge in [0, 0.05) is 43.0 Å². The molecule has 0 aliphatic carbocycles. The van der Waals surface area contributed by atoms with E-state index in [1.165, 1.54) is 0 Å². The number of methoxy groups -OCH3 is 2. The third-order valence-corrected chi connectivity index (χ3v) is 3.21. The smallest absolute Gasteiger partial charge is 0.227 e. The molecule has 5 nitrogen and oxygen atoms in total. The van der Waals surface area contributed by atoms with Crippen LogP contribution in [0.15, 0.2) is 18.2 Å². The van der Waals surface area contributed by atoms with E-state index in [0.717, 1.165) is 12.8 Å². The summed E-state index contributed by atoms with van der Waals surface area (Å²) in [5, 5.41) is 2.91. The molecular weight excluding hydrogens is 246 g/mol. The topological polar surface area (TPSA) is 56.8 Å². The van der Waals surface area contributed by atoms with Crippen molar-refractivity contribution in [3.05, 3.63) is 18.2 Å². The minimum Gasteiger partial charge on any atom is -0.497 e. The van der Waals surface area contributed by atoms with Crippen LogP contribution < -0.4 is 14.8 Å². The predicted molar refractivity (Wildman–Crippen MR) is 71.7 cm³/mol. The number of carbonyl (C=O) groups excluding carboxylic acids is 1. The zero-order valence-electron chi connectivity index (χ0n) is 11.3. The van der Waals surface area contributed by atoms with Crippen LogP contribution in [-0.2, 0) is 9.53 Å². The molecule has 1 fully saturated rings. The molecule has 1 N–H and O–H groups in total.